The molecule has 3 heterocycles. The number of urea groups is 1. The van der Waals surface area contributed by atoms with Gasteiger partial charge in [-0.1, -0.05) is 44.5 Å². The van der Waals surface area contributed by atoms with Gasteiger partial charge in [0, 0.05) is 24.0 Å². The number of benzene rings is 1. The Morgan fingerprint density at radius 2 is 1.93 bits per heavy atom. The molecule has 1 saturated carbocycles. The minimum atomic E-state index is -0.631. The summed E-state index contributed by atoms with van der Waals surface area (Å²) < 4.78 is 7.02. The van der Waals surface area contributed by atoms with E-state index < -0.39 is 12.0 Å². The first kappa shape index (κ1) is 27.6. The van der Waals surface area contributed by atoms with Crippen molar-refractivity contribution in [1.82, 2.24) is 30.4 Å². The number of amides is 2. The number of aliphatic hydroxyl groups excluding tert-OH is 1. The maximum atomic E-state index is 12.6. The summed E-state index contributed by atoms with van der Waals surface area (Å²) in [5, 5.41) is 24.8. The Morgan fingerprint density at radius 3 is 2.60 bits per heavy atom. The van der Waals surface area contributed by atoms with Crippen LogP contribution in [0.3, 0.4) is 0 Å². The normalized spacial score (nSPS) is 21.2. The highest BCUT2D eigenvalue weighted by Gasteiger charge is 2.33. The molecule has 0 radical (unpaired) electrons. The van der Waals surface area contributed by atoms with Gasteiger partial charge in [0.15, 0.2) is 5.65 Å². The highest BCUT2D eigenvalue weighted by atomic mass is 16.5. The molecule has 1 fully saturated rings. The summed E-state index contributed by atoms with van der Waals surface area (Å²) in [6, 6.07) is 6.82. The summed E-state index contributed by atoms with van der Waals surface area (Å²) >= 11 is 0. The van der Waals surface area contributed by atoms with Crippen LogP contribution in [0.5, 0.6) is 0 Å². The van der Waals surface area contributed by atoms with Crippen LogP contribution < -0.4 is 16.0 Å². The van der Waals surface area contributed by atoms with E-state index in [1.807, 2.05) is 42.1 Å². The predicted molar refractivity (Wildman–Crippen MR) is 151 cm³/mol. The van der Waals surface area contributed by atoms with Crippen LogP contribution >= 0.6 is 0 Å². The van der Waals surface area contributed by atoms with Gasteiger partial charge in [-0.15, -0.1) is 0 Å². The molecule has 2 aliphatic rings. The topological polar surface area (TPSA) is 143 Å². The number of nitrogens with zero attached hydrogens (tertiary/aromatic N) is 4. The number of hydrogen-bond donors (Lipinski definition) is 4. The van der Waals surface area contributed by atoms with E-state index >= 15 is 0 Å². The Hall–Kier alpha value is -3.99. The molecule has 1 aliphatic heterocycles. The summed E-state index contributed by atoms with van der Waals surface area (Å²) in [7, 11) is 1.33. The lowest BCUT2D eigenvalue weighted by Gasteiger charge is -2.28. The van der Waals surface area contributed by atoms with E-state index in [1.54, 1.807) is 0 Å². The molecule has 1 aromatic carbocycles. The zero-order valence-electron chi connectivity index (χ0n) is 23.2. The lowest BCUT2D eigenvalue weighted by atomic mass is 9.93. The molecule has 5 rings (SSSR count). The van der Waals surface area contributed by atoms with Gasteiger partial charge in [0.1, 0.15) is 5.69 Å². The van der Waals surface area contributed by atoms with Crippen molar-refractivity contribution in [2.75, 3.05) is 19.0 Å². The molecule has 4 N–H and O–H groups in total. The number of methoxy groups -OCH3 is 1. The van der Waals surface area contributed by atoms with Crippen molar-refractivity contribution in [2.45, 2.75) is 77.0 Å². The van der Waals surface area contributed by atoms with E-state index in [2.05, 4.69) is 27.9 Å². The van der Waals surface area contributed by atoms with E-state index in [4.69, 9.17) is 14.8 Å². The molecule has 40 heavy (non-hydrogen) atoms. The molecular weight excluding hydrogens is 510 g/mol. The van der Waals surface area contributed by atoms with Gasteiger partial charge >= 0.3 is 12.0 Å². The number of esters is 1. The summed E-state index contributed by atoms with van der Waals surface area (Å²) in [6.45, 7) is 4.82. The van der Waals surface area contributed by atoms with Crippen molar-refractivity contribution in [2.24, 2.45) is 0 Å². The Morgan fingerprint density at radius 1 is 1.18 bits per heavy atom. The largest absolute Gasteiger partial charge is 0.466 e. The molecule has 0 bridgehead atoms. The van der Waals surface area contributed by atoms with Gasteiger partial charge in [0.05, 0.1) is 36.3 Å². The Balaban J connectivity index is 1.51. The highest BCUT2D eigenvalue weighted by Crippen LogP contribution is 2.36. The number of carbonyl (C=O) groups excluding carboxylic acids is 2. The molecule has 11 nitrogen and oxygen atoms in total. The maximum absolute atomic E-state index is 12.6. The number of carbonyl (C=O) groups is 2. The SMILES string of the molecule is CCCCNc1ncc2c(-c3ccc(C4NC(=O)NC(CC)=C4C(=O)OC)cc3)nn([C@H]3CC[C@@H](O)CC3)c2n1. The van der Waals surface area contributed by atoms with Gasteiger partial charge in [-0.3, -0.25) is 0 Å². The van der Waals surface area contributed by atoms with Crippen molar-refractivity contribution >= 4 is 29.0 Å². The summed E-state index contributed by atoms with van der Waals surface area (Å²) in [6.07, 6.45) is 7.29. The second kappa shape index (κ2) is 12.0. The van der Waals surface area contributed by atoms with Crippen LogP contribution in [-0.4, -0.2) is 56.6 Å². The number of nitrogens with one attached hydrogen (secondary N) is 3. The molecule has 1 atom stereocenters. The van der Waals surface area contributed by atoms with Gasteiger partial charge in [0.25, 0.3) is 0 Å². The van der Waals surface area contributed by atoms with Crippen LogP contribution in [0.1, 0.15) is 76.4 Å². The van der Waals surface area contributed by atoms with E-state index in [1.165, 1.54) is 7.11 Å². The lowest BCUT2D eigenvalue weighted by Crippen LogP contribution is -2.45. The van der Waals surface area contributed by atoms with Gasteiger partial charge in [-0.2, -0.15) is 10.1 Å². The van der Waals surface area contributed by atoms with Gasteiger partial charge in [-0.05, 0) is 44.1 Å². The average molecular weight is 548 g/mol. The number of anilines is 1. The molecule has 2 aromatic heterocycles. The number of rotatable bonds is 9. The monoisotopic (exact) mass is 547 g/mol. The molecule has 0 spiro atoms. The number of unbranched alkanes of at least 4 members (excludes halogenated alkanes) is 1. The van der Waals surface area contributed by atoms with Gasteiger partial charge in [0.2, 0.25) is 5.95 Å². The predicted octanol–water partition coefficient (Wildman–Crippen LogP) is 4.37. The fraction of sp³-hybridized carbons (Fsp3) is 0.483. The van der Waals surface area contributed by atoms with Crippen molar-refractivity contribution in [3.63, 3.8) is 0 Å². The number of hydrogen-bond acceptors (Lipinski definition) is 8. The van der Waals surface area contributed by atoms with E-state index in [-0.39, 0.29) is 18.2 Å². The van der Waals surface area contributed by atoms with Crippen LogP contribution in [0.25, 0.3) is 22.3 Å². The molecule has 0 saturated heterocycles. The van der Waals surface area contributed by atoms with E-state index in [0.29, 0.717) is 23.6 Å². The van der Waals surface area contributed by atoms with Crippen molar-refractivity contribution in [3.05, 3.63) is 47.3 Å². The third-order valence-electron chi connectivity index (χ3n) is 7.70. The first-order chi connectivity index (χ1) is 19.4. The maximum Gasteiger partial charge on any atom is 0.337 e. The molecule has 1 unspecified atom stereocenters. The zero-order chi connectivity index (χ0) is 28.2. The number of allylic oxidation sites excluding steroid dienone is 1. The van der Waals surface area contributed by atoms with Crippen LogP contribution in [0.2, 0.25) is 0 Å². The number of aromatic nitrogens is 4. The smallest absolute Gasteiger partial charge is 0.337 e. The van der Waals surface area contributed by atoms with E-state index in [0.717, 1.165) is 72.9 Å². The van der Waals surface area contributed by atoms with Gasteiger partial charge < -0.3 is 25.8 Å². The number of fused-ring (bicyclic) bond motifs is 1. The molecule has 11 heteroatoms. The highest BCUT2D eigenvalue weighted by molar-refractivity contribution is 5.95. The van der Waals surface area contributed by atoms with Crippen molar-refractivity contribution in [3.8, 4) is 11.3 Å². The number of aliphatic hydroxyl groups is 1. The van der Waals surface area contributed by atoms with E-state index in [9.17, 15) is 14.7 Å². The fourth-order valence-electron chi connectivity index (χ4n) is 5.49. The van der Waals surface area contributed by atoms with Crippen LogP contribution in [0.4, 0.5) is 10.7 Å². The molecule has 3 aromatic rings. The first-order valence-electron chi connectivity index (χ1n) is 14.1. The molecule has 2 amide bonds. The minimum absolute atomic E-state index is 0.141. The summed E-state index contributed by atoms with van der Waals surface area (Å²) in [5.74, 6) is 0.0941. The van der Waals surface area contributed by atoms with Crippen LogP contribution in [0, 0.1) is 0 Å². The molecule has 1 aliphatic carbocycles. The standard InChI is InChI=1S/C29H37N7O4/c1-4-6-15-30-28-31-16-21-24(35-36(26(21)34-28)19-11-13-20(37)14-12-19)17-7-9-18(10-8-17)25-23(27(38)40-3)22(5-2)32-29(39)33-25/h7-10,16,19-20,25,37H,4-6,11-15H2,1-3H3,(H,30,31,34)(H2,32,33,39)/t19-,20+,25?. The average Bonchev–Trinajstić information content (AvgIpc) is 3.35. The Labute approximate surface area is 233 Å². The first-order valence-corrected chi connectivity index (χ1v) is 14.1. The van der Waals surface area contributed by atoms with Crippen LogP contribution in [0.15, 0.2) is 41.7 Å². The van der Waals surface area contributed by atoms with Crippen molar-refractivity contribution in [1.29, 1.82) is 0 Å². The van der Waals surface area contributed by atoms with Crippen molar-refractivity contribution < 1.29 is 19.4 Å². The quantitative estimate of drug-likeness (QED) is 0.228. The second-order valence-corrected chi connectivity index (χ2v) is 10.4. The third-order valence-corrected chi connectivity index (χ3v) is 7.70. The molecular formula is C29H37N7O4. The minimum Gasteiger partial charge on any atom is -0.466 e. The zero-order valence-corrected chi connectivity index (χ0v) is 23.2. The lowest BCUT2D eigenvalue weighted by molar-refractivity contribution is -0.136. The van der Waals surface area contributed by atoms with Crippen LogP contribution in [-0.2, 0) is 9.53 Å². The Bertz CT molecular complexity index is 1410. The molecule has 212 valence electrons. The third kappa shape index (κ3) is 5.51. The summed E-state index contributed by atoms with van der Waals surface area (Å²) in [4.78, 5) is 34.4. The fourth-order valence-corrected chi connectivity index (χ4v) is 5.49. The Kier molecular flexibility index (Phi) is 8.29. The second-order valence-electron chi connectivity index (χ2n) is 10.4. The number of ether oxygens (including phenoxy) is 1. The van der Waals surface area contributed by atoms with Gasteiger partial charge in [-0.25, -0.2) is 19.3 Å². The summed E-state index contributed by atoms with van der Waals surface area (Å²) in [5.41, 5.74) is 4.10.